The van der Waals surface area contributed by atoms with Crippen molar-refractivity contribution >= 4 is 21.9 Å². The van der Waals surface area contributed by atoms with Gasteiger partial charge in [0.15, 0.2) is 0 Å². The number of benzene rings is 1. The van der Waals surface area contributed by atoms with Crippen molar-refractivity contribution in [2.75, 3.05) is 0 Å². The van der Waals surface area contributed by atoms with Gasteiger partial charge in [-0.1, -0.05) is 34.5 Å². The van der Waals surface area contributed by atoms with E-state index in [1.165, 1.54) is 0 Å². The Morgan fingerprint density at radius 3 is 2.74 bits per heavy atom. The number of carboxylic acid groups (broad SMARTS) is 1. The highest BCUT2D eigenvalue weighted by Crippen LogP contribution is 2.31. The van der Waals surface area contributed by atoms with Gasteiger partial charge in [0, 0.05) is 4.47 Å². The molecule has 1 saturated carbocycles. The summed E-state index contributed by atoms with van der Waals surface area (Å²) in [5.74, 6) is -0.991. The molecule has 1 aromatic carbocycles. The van der Waals surface area contributed by atoms with Gasteiger partial charge >= 0.3 is 5.97 Å². The fraction of sp³-hybridized carbons (Fsp3) is 0.533. The Morgan fingerprint density at radius 2 is 2.21 bits per heavy atom. The van der Waals surface area contributed by atoms with Crippen LogP contribution in [0, 0.1) is 5.92 Å². The van der Waals surface area contributed by atoms with Gasteiger partial charge in [-0.2, -0.15) is 0 Å². The quantitative estimate of drug-likeness (QED) is 0.892. The first-order valence-electron chi connectivity index (χ1n) is 6.68. The van der Waals surface area contributed by atoms with Gasteiger partial charge < -0.3 is 10.2 Å². The van der Waals surface area contributed by atoms with Crippen LogP contribution in [-0.4, -0.2) is 22.3 Å². The zero-order valence-corrected chi connectivity index (χ0v) is 12.6. The van der Waals surface area contributed by atoms with E-state index >= 15 is 0 Å². The van der Waals surface area contributed by atoms with Gasteiger partial charge in [0.05, 0.1) is 12.0 Å². The number of rotatable bonds is 4. The molecule has 2 N–H and O–H groups in total. The van der Waals surface area contributed by atoms with Crippen molar-refractivity contribution in [3.63, 3.8) is 0 Å². The largest absolute Gasteiger partial charge is 0.481 e. The van der Waals surface area contributed by atoms with E-state index < -0.39 is 11.9 Å². The lowest BCUT2D eigenvalue weighted by atomic mass is 9.93. The molecule has 4 heteroatoms. The molecular formula is C15H19BrO3. The molecule has 0 radical (unpaired) electrons. The number of carbonyl (C=O) groups is 1. The minimum atomic E-state index is -0.820. The van der Waals surface area contributed by atoms with E-state index in [1.807, 2.05) is 18.2 Å². The number of aliphatic carboxylic acids is 1. The lowest BCUT2D eigenvalue weighted by Gasteiger charge is -2.16. The van der Waals surface area contributed by atoms with Crippen LogP contribution in [0.15, 0.2) is 22.7 Å². The summed E-state index contributed by atoms with van der Waals surface area (Å²) in [5, 5.41) is 18.9. The first-order valence-corrected chi connectivity index (χ1v) is 7.47. The molecule has 0 aromatic heterocycles. The Kier molecular flexibility index (Phi) is 4.63. The lowest BCUT2D eigenvalue weighted by Crippen LogP contribution is -2.15. The molecule has 0 spiro atoms. The summed E-state index contributed by atoms with van der Waals surface area (Å²) >= 11 is 3.45. The third kappa shape index (κ3) is 3.37. The van der Waals surface area contributed by atoms with Crippen LogP contribution in [-0.2, 0) is 11.2 Å². The van der Waals surface area contributed by atoms with Crippen molar-refractivity contribution < 1.29 is 15.0 Å². The fourth-order valence-corrected chi connectivity index (χ4v) is 3.51. The van der Waals surface area contributed by atoms with Crippen LogP contribution in [0.1, 0.15) is 43.2 Å². The number of hydrogen-bond acceptors (Lipinski definition) is 2. The van der Waals surface area contributed by atoms with Gasteiger partial charge in [-0.3, -0.25) is 4.79 Å². The molecular weight excluding hydrogens is 308 g/mol. The van der Waals surface area contributed by atoms with Crippen LogP contribution >= 0.6 is 15.9 Å². The molecule has 19 heavy (non-hydrogen) atoms. The SMILES string of the molecule is CC(C(=O)O)c1ccc(C[C@H]2CCC[C@H]2O)cc1Br. The number of aliphatic hydroxyl groups excluding tert-OH is 1. The maximum atomic E-state index is 11.0. The summed E-state index contributed by atoms with van der Waals surface area (Å²) in [6, 6.07) is 5.84. The third-order valence-electron chi connectivity index (χ3n) is 4.02. The Bertz CT molecular complexity index is 472. The average Bonchev–Trinajstić information content (AvgIpc) is 2.74. The van der Waals surface area contributed by atoms with Crippen LogP contribution in [0.3, 0.4) is 0 Å². The number of aliphatic hydroxyl groups is 1. The van der Waals surface area contributed by atoms with E-state index in [-0.39, 0.29) is 6.10 Å². The Balaban J connectivity index is 2.12. The van der Waals surface area contributed by atoms with Gasteiger partial charge in [0.1, 0.15) is 0 Å². The smallest absolute Gasteiger partial charge is 0.310 e. The Morgan fingerprint density at radius 1 is 1.47 bits per heavy atom. The zero-order chi connectivity index (χ0) is 14.0. The van der Waals surface area contributed by atoms with Crippen molar-refractivity contribution in [3.05, 3.63) is 33.8 Å². The van der Waals surface area contributed by atoms with Crippen molar-refractivity contribution in [1.29, 1.82) is 0 Å². The number of halogens is 1. The van der Waals surface area contributed by atoms with Crippen LogP contribution in [0.5, 0.6) is 0 Å². The highest BCUT2D eigenvalue weighted by molar-refractivity contribution is 9.10. The molecule has 0 saturated heterocycles. The summed E-state index contributed by atoms with van der Waals surface area (Å²) < 4.78 is 0.840. The van der Waals surface area contributed by atoms with Gasteiger partial charge in [-0.25, -0.2) is 0 Å². The predicted molar refractivity (Wildman–Crippen MR) is 77.2 cm³/mol. The summed E-state index contributed by atoms with van der Waals surface area (Å²) in [5.41, 5.74) is 1.95. The topological polar surface area (TPSA) is 57.5 Å². The summed E-state index contributed by atoms with van der Waals surface area (Å²) in [4.78, 5) is 11.0. The minimum absolute atomic E-state index is 0.184. The number of carboxylic acids is 1. The zero-order valence-electron chi connectivity index (χ0n) is 11.0. The summed E-state index contributed by atoms with van der Waals surface area (Å²) in [6.07, 6.45) is 3.76. The molecule has 3 nitrogen and oxygen atoms in total. The molecule has 1 unspecified atom stereocenters. The van der Waals surface area contributed by atoms with Gasteiger partial charge in [0.25, 0.3) is 0 Å². The van der Waals surface area contributed by atoms with Gasteiger partial charge in [-0.05, 0) is 49.3 Å². The van der Waals surface area contributed by atoms with Crippen LogP contribution in [0.2, 0.25) is 0 Å². The molecule has 0 aliphatic heterocycles. The molecule has 1 aliphatic carbocycles. The van der Waals surface area contributed by atoms with E-state index in [2.05, 4.69) is 15.9 Å². The second-order valence-electron chi connectivity index (χ2n) is 5.38. The summed E-state index contributed by atoms with van der Waals surface area (Å²) in [6.45, 7) is 1.68. The van der Waals surface area contributed by atoms with E-state index in [4.69, 9.17) is 5.11 Å². The van der Waals surface area contributed by atoms with Gasteiger partial charge in [-0.15, -0.1) is 0 Å². The maximum absolute atomic E-state index is 11.0. The maximum Gasteiger partial charge on any atom is 0.310 e. The highest BCUT2D eigenvalue weighted by atomic mass is 79.9. The molecule has 104 valence electrons. The minimum Gasteiger partial charge on any atom is -0.481 e. The van der Waals surface area contributed by atoms with Crippen molar-refractivity contribution in [3.8, 4) is 0 Å². The third-order valence-corrected chi connectivity index (χ3v) is 4.71. The van der Waals surface area contributed by atoms with Crippen LogP contribution in [0.25, 0.3) is 0 Å². The molecule has 0 heterocycles. The van der Waals surface area contributed by atoms with Crippen LogP contribution in [0.4, 0.5) is 0 Å². The molecule has 2 rings (SSSR count). The lowest BCUT2D eigenvalue weighted by molar-refractivity contribution is -0.138. The standard InChI is InChI=1S/C15H19BrO3/c1-9(15(18)19)12-6-5-10(8-13(12)16)7-11-3-2-4-14(11)17/h5-6,8-9,11,14,17H,2-4,7H2,1H3,(H,18,19)/t9?,11-,14-/m1/s1. The van der Waals surface area contributed by atoms with E-state index in [9.17, 15) is 9.90 Å². The second kappa shape index (κ2) is 6.06. The molecule has 1 aromatic rings. The van der Waals surface area contributed by atoms with E-state index in [0.717, 1.165) is 41.3 Å². The van der Waals surface area contributed by atoms with Gasteiger partial charge in [0.2, 0.25) is 0 Å². The number of hydrogen-bond donors (Lipinski definition) is 2. The first kappa shape index (κ1) is 14.5. The normalized spacial score (nSPS) is 24.4. The highest BCUT2D eigenvalue weighted by Gasteiger charge is 2.25. The second-order valence-corrected chi connectivity index (χ2v) is 6.23. The Hall–Kier alpha value is -0.870. The molecule has 0 amide bonds. The first-order chi connectivity index (χ1) is 8.99. The predicted octanol–water partition coefficient (Wildman–Crippen LogP) is 3.34. The Labute approximate surface area is 121 Å². The molecule has 0 bridgehead atoms. The molecule has 1 aliphatic rings. The van der Waals surface area contributed by atoms with Crippen molar-refractivity contribution in [1.82, 2.24) is 0 Å². The van der Waals surface area contributed by atoms with E-state index in [1.54, 1.807) is 6.92 Å². The van der Waals surface area contributed by atoms with Crippen molar-refractivity contribution in [2.45, 2.75) is 44.6 Å². The monoisotopic (exact) mass is 326 g/mol. The average molecular weight is 327 g/mol. The summed E-state index contributed by atoms with van der Waals surface area (Å²) in [7, 11) is 0. The van der Waals surface area contributed by atoms with Crippen molar-refractivity contribution in [2.24, 2.45) is 5.92 Å². The fourth-order valence-electron chi connectivity index (χ4n) is 2.74. The van der Waals surface area contributed by atoms with E-state index in [0.29, 0.717) is 5.92 Å². The van der Waals surface area contributed by atoms with Crippen LogP contribution < -0.4 is 0 Å². The molecule has 1 fully saturated rings. The molecule has 3 atom stereocenters.